The number of quaternary nitrogens is 1. The Hall–Kier alpha value is -1.35. The van der Waals surface area contributed by atoms with Crippen molar-refractivity contribution in [3.63, 3.8) is 0 Å². The Balaban J connectivity index is 1.63. The maximum Gasteiger partial charge on any atom is 0.225 e. The van der Waals surface area contributed by atoms with Crippen molar-refractivity contribution in [1.82, 2.24) is 5.32 Å². The van der Waals surface area contributed by atoms with Crippen LogP contribution in [-0.2, 0) is 11.3 Å². The van der Waals surface area contributed by atoms with Crippen LogP contribution in [-0.4, -0.2) is 25.5 Å². The second-order valence-corrected chi connectivity index (χ2v) is 5.07. The number of likely N-dealkylation sites (tertiary alicyclic amines) is 1. The minimum Gasteiger partial charge on any atom is -0.352 e. The van der Waals surface area contributed by atoms with Gasteiger partial charge in [0.2, 0.25) is 5.91 Å². The molecule has 0 atom stereocenters. The molecule has 0 unspecified atom stereocenters. The Morgan fingerprint density at radius 1 is 1.11 bits per heavy atom. The first-order chi connectivity index (χ1) is 8.84. The van der Waals surface area contributed by atoms with Crippen LogP contribution in [0, 0.1) is 0 Å². The molecule has 1 aliphatic rings. The third-order valence-electron chi connectivity index (χ3n) is 3.60. The van der Waals surface area contributed by atoms with E-state index in [0.717, 1.165) is 12.1 Å². The summed E-state index contributed by atoms with van der Waals surface area (Å²) < 4.78 is 0. The van der Waals surface area contributed by atoms with Crippen LogP contribution in [0.3, 0.4) is 0 Å². The van der Waals surface area contributed by atoms with Crippen molar-refractivity contribution in [3.8, 4) is 0 Å². The van der Waals surface area contributed by atoms with Gasteiger partial charge in [0.15, 0.2) is 0 Å². The molecule has 0 aliphatic carbocycles. The Morgan fingerprint density at radius 2 is 1.83 bits per heavy atom. The summed E-state index contributed by atoms with van der Waals surface area (Å²) in [5, 5.41) is 2.99. The van der Waals surface area contributed by atoms with Crippen molar-refractivity contribution in [1.29, 1.82) is 0 Å². The molecule has 1 aromatic carbocycles. The largest absolute Gasteiger partial charge is 0.352 e. The smallest absolute Gasteiger partial charge is 0.225 e. The van der Waals surface area contributed by atoms with Crippen molar-refractivity contribution in [2.24, 2.45) is 0 Å². The van der Waals surface area contributed by atoms with Gasteiger partial charge in [0.25, 0.3) is 0 Å². The molecular formula is C15H23N2O+. The van der Waals surface area contributed by atoms with E-state index >= 15 is 0 Å². The summed E-state index contributed by atoms with van der Waals surface area (Å²) in [4.78, 5) is 13.3. The van der Waals surface area contributed by atoms with Crippen LogP contribution in [0.25, 0.3) is 0 Å². The Morgan fingerprint density at radius 3 is 2.56 bits per heavy atom. The molecule has 0 bridgehead atoms. The molecule has 3 nitrogen and oxygen atoms in total. The maximum absolute atomic E-state index is 11.7. The summed E-state index contributed by atoms with van der Waals surface area (Å²) in [5.41, 5.74) is 1.16. The highest BCUT2D eigenvalue weighted by atomic mass is 16.1. The molecule has 1 aliphatic heterocycles. The third-order valence-corrected chi connectivity index (χ3v) is 3.60. The van der Waals surface area contributed by atoms with E-state index in [1.165, 1.54) is 32.4 Å². The van der Waals surface area contributed by atoms with Crippen LogP contribution in [0.15, 0.2) is 30.3 Å². The monoisotopic (exact) mass is 247 g/mol. The topological polar surface area (TPSA) is 33.5 Å². The van der Waals surface area contributed by atoms with E-state index < -0.39 is 0 Å². The predicted molar refractivity (Wildman–Crippen MR) is 72.3 cm³/mol. The van der Waals surface area contributed by atoms with E-state index in [4.69, 9.17) is 0 Å². The van der Waals surface area contributed by atoms with Gasteiger partial charge in [-0.3, -0.25) is 4.79 Å². The number of hydrogen-bond acceptors (Lipinski definition) is 1. The summed E-state index contributed by atoms with van der Waals surface area (Å²) in [6.45, 7) is 4.12. The molecule has 1 fully saturated rings. The second-order valence-electron chi connectivity index (χ2n) is 5.07. The van der Waals surface area contributed by atoms with Gasteiger partial charge in [-0.2, -0.15) is 0 Å². The summed E-state index contributed by atoms with van der Waals surface area (Å²) >= 11 is 0. The lowest BCUT2D eigenvalue weighted by Crippen LogP contribution is -3.12. The van der Waals surface area contributed by atoms with Crippen LogP contribution in [0.1, 0.15) is 31.2 Å². The minimum absolute atomic E-state index is 0.178. The second kappa shape index (κ2) is 7.17. The quantitative estimate of drug-likeness (QED) is 0.791. The van der Waals surface area contributed by atoms with Crippen LogP contribution >= 0.6 is 0 Å². The molecule has 2 rings (SSSR count). The normalized spacial score (nSPS) is 16.4. The number of carbonyl (C=O) groups excluding carboxylic acids is 1. The highest BCUT2D eigenvalue weighted by Crippen LogP contribution is 1.97. The first kappa shape index (κ1) is 13.1. The average molecular weight is 247 g/mol. The molecule has 18 heavy (non-hydrogen) atoms. The van der Waals surface area contributed by atoms with Gasteiger partial charge in [0.05, 0.1) is 26.1 Å². The zero-order valence-electron chi connectivity index (χ0n) is 11.0. The molecule has 0 radical (unpaired) electrons. The molecule has 98 valence electrons. The number of amides is 1. The zero-order chi connectivity index (χ0) is 12.6. The average Bonchev–Trinajstić information content (AvgIpc) is 2.45. The van der Waals surface area contributed by atoms with Gasteiger partial charge in [-0.05, 0) is 24.8 Å². The van der Waals surface area contributed by atoms with Gasteiger partial charge in [-0.15, -0.1) is 0 Å². The van der Waals surface area contributed by atoms with Gasteiger partial charge < -0.3 is 10.2 Å². The minimum atomic E-state index is 0.178. The van der Waals surface area contributed by atoms with E-state index in [2.05, 4.69) is 5.32 Å². The first-order valence-electron chi connectivity index (χ1n) is 6.99. The molecule has 2 N–H and O–H groups in total. The molecule has 0 spiro atoms. The molecule has 1 heterocycles. The van der Waals surface area contributed by atoms with E-state index in [1.807, 2.05) is 30.3 Å². The lowest BCUT2D eigenvalue weighted by Gasteiger charge is -2.23. The molecule has 0 saturated carbocycles. The first-order valence-corrected chi connectivity index (χ1v) is 6.99. The summed E-state index contributed by atoms with van der Waals surface area (Å²) in [7, 11) is 0. The molecule has 1 saturated heterocycles. The fraction of sp³-hybridized carbons (Fsp3) is 0.533. The Labute approximate surface area is 109 Å². The third kappa shape index (κ3) is 4.49. The van der Waals surface area contributed by atoms with Crippen molar-refractivity contribution < 1.29 is 9.69 Å². The summed E-state index contributed by atoms with van der Waals surface area (Å²) in [6, 6.07) is 10.1. The zero-order valence-corrected chi connectivity index (χ0v) is 11.0. The predicted octanol–water partition coefficient (Wildman–Crippen LogP) is 0.762. The lowest BCUT2D eigenvalue weighted by atomic mass is 10.1. The van der Waals surface area contributed by atoms with Gasteiger partial charge in [-0.1, -0.05) is 30.3 Å². The lowest BCUT2D eigenvalue weighted by molar-refractivity contribution is -0.904. The molecule has 3 heteroatoms. The standard InChI is InChI=1S/C15H22N2O/c18-15(9-12-17-10-5-2-6-11-17)16-13-14-7-3-1-4-8-14/h1,3-4,7-8H,2,5-6,9-13H2,(H,16,18)/p+1. The SMILES string of the molecule is O=C(CC[NH+]1CCCCC1)NCc1ccccc1. The highest BCUT2D eigenvalue weighted by Gasteiger charge is 2.14. The van der Waals surface area contributed by atoms with E-state index in [9.17, 15) is 4.79 Å². The Bertz CT molecular complexity index is 358. The van der Waals surface area contributed by atoms with Crippen molar-refractivity contribution in [3.05, 3.63) is 35.9 Å². The van der Waals surface area contributed by atoms with Crippen LogP contribution in [0.4, 0.5) is 0 Å². The van der Waals surface area contributed by atoms with Gasteiger partial charge >= 0.3 is 0 Å². The number of piperidine rings is 1. The summed E-state index contributed by atoms with van der Waals surface area (Å²) in [5.74, 6) is 0.178. The van der Waals surface area contributed by atoms with E-state index in [-0.39, 0.29) is 5.91 Å². The van der Waals surface area contributed by atoms with E-state index in [0.29, 0.717) is 13.0 Å². The number of hydrogen-bond donors (Lipinski definition) is 2. The molecule has 1 aromatic rings. The summed E-state index contributed by atoms with van der Waals surface area (Å²) in [6.07, 6.45) is 4.66. The number of rotatable bonds is 5. The Kier molecular flexibility index (Phi) is 5.21. The maximum atomic E-state index is 11.7. The fourth-order valence-electron chi connectivity index (χ4n) is 2.48. The number of carbonyl (C=O) groups is 1. The van der Waals surface area contributed by atoms with Gasteiger partial charge in [-0.25, -0.2) is 0 Å². The van der Waals surface area contributed by atoms with Crippen molar-refractivity contribution >= 4 is 5.91 Å². The van der Waals surface area contributed by atoms with Crippen molar-refractivity contribution in [2.45, 2.75) is 32.2 Å². The number of benzene rings is 1. The van der Waals surface area contributed by atoms with Crippen LogP contribution < -0.4 is 10.2 Å². The molecular weight excluding hydrogens is 224 g/mol. The number of nitrogens with one attached hydrogen (secondary N) is 2. The van der Waals surface area contributed by atoms with E-state index in [1.54, 1.807) is 4.90 Å². The van der Waals surface area contributed by atoms with Gasteiger partial charge in [0.1, 0.15) is 0 Å². The fourth-order valence-corrected chi connectivity index (χ4v) is 2.48. The molecule has 0 aromatic heterocycles. The molecule has 1 amide bonds. The van der Waals surface area contributed by atoms with Gasteiger partial charge in [0, 0.05) is 6.54 Å². The highest BCUT2D eigenvalue weighted by molar-refractivity contribution is 5.75. The van der Waals surface area contributed by atoms with Crippen LogP contribution in [0.2, 0.25) is 0 Å². The van der Waals surface area contributed by atoms with Crippen LogP contribution in [0.5, 0.6) is 0 Å². The van der Waals surface area contributed by atoms with Crippen molar-refractivity contribution in [2.75, 3.05) is 19.6 Å².